The first kappa shape index (κ1) is 13.3. The van der Waals surface area contributed by atoms with Crippen molar-refractivity contribution in [3.8, 4) is 5.75 Å². The Kier molecular flexibility index (Phi) is 6.98. The minimum atomic E-state index is 0.791. The number of hydrogen-bond acceptors (Lipinski definition) is 1. The van der Waals surface area contributed by atoms with Crippen molar-refractivity contribution in [2.75, 3.05) is 6.61 Å². The molecule has 0 bridgehead atoms. The molecular formula is C14H21OS. The lowest BCUT2D eigenvalue weighted by atomic mass is 10.1. The lowest BCUT2D eigenvalue weighted by molar-refractivity contribution is 0.298. The maximum atomic E-state index is 5.64. The van der Waals surface area contributed by atoms with E-state index in [2.05, 4.69) is 6.92 Å². The van der Waals surface area contributed by atoms with Gasteiger partial charge in [-0.1, -0.05) is 63.8 Å². The van der Waals surface area contributed by atoms with Crippen LogP contribution in [0.25, 0.3) is 0 Å². The average molecular weight is 237 g/mol. The number of hydrogen-bond donors (Lipinski definition) is 0. The van der Waals surface area contributed by atoms with Gasteiger partial charge >= 0.3 is 0 Å². The quantitative estimate of drug-likeness (QED) is 0.579. The van der Waals surface area contributed by atoms with Gasteiger partial charge in [0.2, 0.25) is 0 Å². The van der Waals surface area contributed by atoms with Crippen LogP contribution < -0.4 is 4.74 Å². The highest BCUT2D eigenvalue weighted by molar-refractivity contribution is 7.80. The summed E-state index contributed by atoms with van der Waals surface area (Å²) in [6.07, 6.45) is 7.74. The van der Waals surface area contributed by atoms with Crippen LogP contribution in [0.2, 0.25) is 0 Å². The summed E-state index contributed by atoms with van der Waals surface area (Å²) in [7, 11) is 0. The fraction of sp³-hybridized carbons (Fsp3) is 0.571. The van der Waals surface area contributed by atoms with Gasteiger partial charge in [0.15, 0.2) is 0 Å². The summed E-state index contributed by atoms with van der Waals surface area (Å²) in [5.41, 5.74) is 0. The monoisotopic (exact) mass is 237 g/mol. The Morgan fingerprint density at radius 3 is 2.44 bits per heavy atom. The van der Waals surface area contributed by atoms with Crippen molar-refractivity contribution in [3.63, 3.8) is 0 Å². The lowest BCUT2D eigenvalue weighted by Crippen LogP contribution is -1.97. The second-order valence-electron chi connectivity index (χ2n) is 4.06. The summed E-state index contributed by atoms with van der Waals surface area (Å²) in [4.78, 5) is 0.813. The first-order chi connectivity index (χ1) is 7.84. The molecule has 0 heterocycles. The molecule has 1 rings (SSSR count). The van der Waals surface area contributed by atoms with Gasteiger partial charge in [-0.05, 0) is 18.6 Å². The van der Waals surface area contributed by atoms with E-state index >= 15 is 0 Å². The van der Waals surface area contributed by atoms with Crippen LogP contribution in [0.15, 0.2) is 29.2 Å². The fourth-order valence-corrected chi connectivity index (χ4v) is 1.84. The van der Waals surface area contributed by atoms with E-state index in [0.717, 1.165) is 23.7 Å². The number of unbranched alkanes of at least 4 members (excludes halogenated alkanes) is 5. The van der Waals surface area contributed by atoms with Crippen LogP contribution >= 0.6 is 12.6 Å². The van der Waals surface area contributed by atoms with Crippen molar-refractivity contribution in [1.82, 2.24) is 0 Å². The van der Waals surface area contributed by atoms with Gasteiger partial charge in [-0.2, -0.15) is 0 Å². The van der Waals surface area contributed by atoms with Crippen molar-refractivity contribution in [2.24, 2.45) is 0 Å². The molecule has 0 saturated heterocycles. The first-order valence-electron chi connectivity index (χ1n) is 6.23. The highest BCUT2D eigenvalue weighted by atomic mass is 32.1. The van der Waals surface area contributed by atoms with E-state index in [0.29, 0.717) is 0 Å². The highest BCUT2D eigenvalue weighted by Crippen LogP contribution is 2.21. The summed E-state index contributed by atoms with van der Waals surface area (Å²) in [5.74, 6) is 0.853. The third kappa shape index (κ3) is 5.36. The van der Waals surface area contributed by atoms with Crippen LogP contribution in [0.5, 0.6) is 5.75 Å². The molecule has 16 heavy (non-hydrogen) atoms. The van der Waals surface area contributed by atoms with Gasteiger partial charge in [0.25, 0.3) is 0 Å². The van der Waals surface area contributed by atoms with E-state index < -0.39 is 0 Å². The van der Waals surface area contributed by atoms with Crippen LogP contribution in [0.1, 0.15) is 45.4 Å². The zero-order valence-corrected chi connectivity index (χ0v) is 10.9. The van der Waals surface area contributed by atoms with Gasteiger partial charge in [0, 0.05) is 0 Å². The van der Waals surface area contributed by atoms with Gasteiger partial charge in [-0.25, -0.2) is 0 Å². The molecule has 0 spiro atoms. The Morgan fingerprint density at radius 1 is 1.00 bits per heavy atom. The molecule has 0 atom stereocenters. The molecule has 0 aliphatic carbocycles. The first-order valence-corrected chi connectivity index (χ1v) is 6.64. The molecular weight excluding hydrogens is 216 g/mol. The molecule has 0 saturated carbocycles. The topological polar surface area (TPSA) is 9.23 Å². The Bertz CT molecular complexity index is 286. The number of para-hydroxylation sites is 1. The molecule has 1 aromatic rings. The fourth-order valence-electron chi connectivity index (χ4n) is 1.63. The summed E-state index contributed by atoms with van der Waals surface area (Å²) in [6.45, 7) is 3.03. The van der Waals surface area contributed by atoms with Gasteiger partial charge in [0.1, 0.15) is 5.75 Å². The number of benzene rings is 1. The minimum absolute atomic E-state index is 0.791. The maximum Gasteiger partial charge on any atom is 0.137 e. The smallest absolute Gasteiger partial charge is 0.137 e. The molecule has 0 N–H and O–H groups in total. The summed E-state index contributed by atoms with van der Waals surface area (Å²) >= 11 is 5.16. The van der Waals surface area contributed by atoms with Crippen LogP contribution in [0.4, 0.5) is 0 Å². The third-order valence-electron chi connectivity index (χ3n) is 2.60. The summed E-state index contributed by atoms with van der Waals surface area (Å²) in [6, 6.07) is 7.76. The zero-order chi connectivity index (χ0) is 11.6. The molecule has 0 amide bonds. The number of rotatable bonds is 8. The Balaban J connectivity index is 2.05. The molecule has 1 nitrogen and oxygen atoms in total. The molecule has 1 radical (unpaired) electrons. The normalized spacial score (nSPS) is 10.3. The molecule has 0 aliphatic rings. The molecule has 0 aliphatic heterocycles. The highest BCUT2D eigenvalue weighted by Gasteiger charge is 1.98. The SMILES string of the molecule is CCCCCCCCOc1ccccc1[S]. The lowest BCUT2D eigenvalue weighted by Gasteiger charge is -2.07. The van der Waals surface area contributed by atoms with E-state index in [1.54, 1.807) is 0 Å². The standard InChI is InChI=1S/C14H21OS/c1-2-3-4-5-6-9-12-15-13-10-7-8-11-14(13)16/h7-8,10-11H,2-6,9,12H2,1H3. The zero-order valence-electron chi connectivity index (χ0n) is 10.1. The van der Waals surface area contributed by atoms with Crippen molar-refractivity contribution in [3.05, 3.63) is 24.3 Å². The average Bonchev–Trinajstić information content (AvgIpc) is 2.30. The van der Waals surface area contributed by atoms with Gasteiger partial charge in [-0.3, -0.25) is 0 Å². The summed E-state index contributed by atoms with van der Waals surface area (Å²) < 4.78 is 5.64. The molecule has 1 aromatic carbocycles. The van der Waals surface area contributed by atoms with Crippen molar-refractivity contribution < 1.29 is 4.74 Å². The van der Waals surface area contributed by atoms with Crippen LogP contribution in [-0.2, 0) is 0 Å². The number of ether oxygens (including phenoxy) is 1. The molecule has 0 aromatic heterocycles. The van der Waals surface area contributed by atoms with Gasteiger partial charge in [-0.15, -0.1) is 0 Å². The van der Waals surface area contributed by atoms with E-state index in [4.69, 9.17) is 17.4 Å². The van der Waals surface area contributed by atoms with Gasteiger partial charge < -0.3 is 4.74 Å². The van der Waals surface area contributed by atoms with E-state index in [1.807, 2.05) is 24.3 Å². The van der Waals surface area contributed by atoms with E-state index in [9.17, 15) is 0 Å². The van der Waals surface area contributed by atoms with Crippen molar-refractivity contribution in [1.29, 1.82) is 0 Å². The Labute approximate surface area is 105 Å². The Hall–Kier alpha value is -0.760. The van der Waals surface area contributed by atoms with Crippen molar-refractivity contribution >= 4 is 12.6 Å². The third-order valence-corrected chi connectivity index (χ3v) is 2.94. The Morgan fingerprint density at radius 2 is 1.69 bits per heavy atom. The largest absolute Gasteiger partial charge is 0.492 e. The molecule has 0 unspecified atom stereocenters. The van der Waals surface area contributed by atoms with Crippen LogP contribution in [0, 0.1) is 0 Å². The molecule has 89 valence electrons. The predicted molar refractivity (Wildman–Crippen MR) is 71.2 cm³/mol. The van der Waals surface area contributed by atoms with Crippen LogP contribution in [-0.4, -0.2) is 6.61 Å². The second kappa shape index (κ2) is 8.40. The van der Waals surface area contributed by atoms with Gasteiger partial charge in [0.05, 0.1) is 11.5 Å². The summed E-state index contributed by atoms with van der Waals surface area (Å²) in [5, 5.41) is 0. The second-order valence-corrected chi connectivity index (χ2v) is 4.50. The maximum absolute atomic E-state index is 5.64. The predicted octanol–water partition coefficient (Wildman–Crippen LogP) is 4.98. The van der Waals surface area contributed by atoms with Crippen molar-refractivity contribution in [2.45, 2.75) is 50.3 Å². The van der Waals surface area contributed by atoms with E-state index in [1.165, 1.54) is 32.1 Å². The molecule has 2 heteroatoms. The minimum Gasteiger partial charge on any atom is -0.492 e. The molecule has 0 fully saturated rings. The van der Waals surface area contributed by atoms with E-state index in [-0.39, 0.29) is 0 Å². The van der Waals surface area contributed by atoms with Crippen LogP contribution in [0.3, 0.4) is 0 Å².